The summed E-state index contributed by atoms with van der Waals surface area (Å²) >= 11 is 0. The minimum atomic E-state index is 0.372. The number of nitrogens with zero attached hydrogens (tertiary/aromatic N) is 1. The summed E-state index contributed by atoms with van der Waals surface area (Å²) in [5.41, 5.74) is 1.30. The summed E-state index contributed by atoms with van der Waals surface area (Å²) in [6.45, 7) is 3.66. The summed E-state index contributed by atoms with van der Waals surface area (Å²) in [7, 11) is 0. The van der Waals surface area contributed by atoms with Gasteiger partial charge in [-0.1, -0.05) is 48.5 Å². The number of ether oxygens (including phenoxy) is 2. The van der Waals surface area contributed by atoms with Gasteiger partial charge in [-0.15, -0.1) is 0 Å². The van der Waals surface area contributed by atoms with Gasteiger partial charge in [0, 0.05) is 24.2 Å². The van der Waals surface area contributed by atoms with Crippen LogP contribution in [0.5, 0.6) is 0 Å². The van der Waals surface area contributed by atoms with E-state index in [2.05, 4.69) is 59.5 Å². The summed E-state index contributed by atoms with van der Waals surface area (Å²) in [6.07, 6.45) is 0.745. The molecule has 0 aliphatic carbocycles. The Morgan fingerprint density at radius 2 is 1.28 bits per heavy atom. The van der Waals surface area contributed by atoms with Crippen LogP contribution in [0.2, 0.25) is 0 Å². The normalized spacial score (nSPS) is 22.1. The Morgan fingerprint density at radius 3 is 1.92 bits per heavy atom. The first-order valence-electron chi connectivity index (χ1n) is 9.01. The van der Waals surface area contributed by atoms with Crippen LogP contribution in [0.1, 0.15) is 0 Å². The average molecular weight is 329 g/mol. The number of rotatable bonds is 5. The Hall–Kier alpha value is -2.36. The van der Waals surface area contributed by atoms with Crippen molar-refractivity contribution in [2.75, 3.05) is 31.2 Å². The molecule has 0 amide bonds. The molecule has 2 saturated heterocycles. The molecule has 4 aromatic carbocycles. The lowest BCUT2D eigenvalue weighted by molar-refractivity contribution is 0.389. The van der Waals surface area contributed by atoms with Gasteiger partial charge in [-0.2, -0.15) is 0 Å². The Morgan fingerprint density at radius 1 is 0.720 bits per heavy atom. The second kappa shape index (κ2) is 5.07. The minimum Gasteiger partial charge on any atom is -0.371 e. The van der Waals surface area contributed by atoms with Crippen LogP contribution in [0.4, 0.5) is 5.69 Å². The van der Waals surface area contributed by atoms with E-state index in [0.29, 0.717) is 12.2 Å². The highest BCUT2D eigenvalue weighted by atomic mass is 16.6. The highest BCUT2D eigenvalue weighted by Crippen LogP contribution is 2.39. The molecule has 2 fully saturated rings. The van der Waals surface area contributed by atoms with Crippen molar-refractivity contribution in [3.63, 3.8) is 0 Å². The lowest BCUT2D eigenvalue weighted by atomic mass is 9.93. The van der Waals surface area contributed by atoms with Crippen LogP contribution in [-0.2, 0) is 9.47 Å². The van der Waals surface area contributed by atoms with E-state index in [-0.39, 0.29) is 0 Å². The van der Waals surface area contributed by atoms with Gasteiger partial charge in [-0.25, -0.2) is 0 Å². The topological polar surface area (TPSA) is 28.3 Å². The molecule has 0 spiro atoms. The molecule has 2 heterocycles. The van der Waals surface area contributed by atoms with Crippen molar-refractivity contribution in [1.82, 2.24) is 0 Å². The van der Waals surface area contributed by atoms with E-state index in [9.17, 15) is 0 Å². The lowest BCUT2D eigenvalue weighted by Crippen LogP contribution is -2.31. The molecule has 2 atom stereocenters. The number of epoxide rings is 2. The first-order chi connectivity index (χ1) is 12.4. The van der Waals surface area contributed by atoms with E-state index < -0.39 is 0 Å². The molecular weight excluding hydrogens is 310 g/mol. The van der Waals surface area contributed by atoms with Crippen LogP contribution in [0.3, 0.4) is 0 Å². The first kappa shape index (κ1) is 13.9. The van der Waals surface area contributed by atoms with Gasteiger partial charge >= 0.3 is 0 Å². The molecular formula is C22H19NO2. The van der Waals surface area contributed by atoms with Crippen LogP contribution in [0, 0.1) is 0 Å². The van der Waals surface area contributed by atoms with E-state index in [1.54, 1.807) is 0 Å². The zero-order valence-electron chi connectivity index (χ0n) is 13.9. The van der Waals surface area contributed by atoms with Crippen LogP contribution in [0.25, 0.3) is 32.3 Å². The maximum absolute atomic E-state index is 5.51. The summed E-state index contributed by atoms with van der Waals surface area (Å²) in [5, 5.41) is 8.04. The molecule has 124 valence electrons. The quantitative estimate of drug-likeness (QED) is 0.406. The highest BCUT2D eigenvalue weighted by molar-refractivity contribution is 6.25. The highest BCUT2D eigenvalue weighted by Gasteiger charge is 2.31. The van der Waals surface area contributed by atoms with Gasteiger partial charge in [-0.3, -0.25) is 0 Å². The smallest absolute Gasteiger partial charge is 0.0984 e. The fourth-order valence-electron chi connectivity index (χ4n) is 4.11. The zero-order chi connectivity index (χ0) is 16.4. The maximum Gasteiger partial charge on any atom is 0.0984 e. The van der Waals surface area contributed by atoms with Crippen molar-refractivity contribution in [2.24, 2.45) is 0 Å². The second-order valence-corrected chi connectivity index (χ2v) is 7.26. The van der Waals surface area contributed by atoms with Gasteiger partial charge in [0.1, 0.15) is 0 Å². The molecule has 2 aliphatic heterocycles. The number of hydrogen-bond donors (Lipinski definition) is 0. The second-order valence-electron chi connectivity index (χ2n) is 7.26. The van der Waals surface area contributed by atoms with Gasteiger partial charge in [0.05, 0.1) is 25.4 Å². The van der Waals surface area contributed by atoms with Crippen molar-refractivity contribution >= 4 is 38.0 Å². The van der Waals surface area contributed by atoms with Gasteiger partial charge in [0.15, 0.2) is 0 Å². The predicted octanol–water partition coefficient (Wildman–Crippen LogP) is 4.19. The molecule has 0 aromatic heterocycles. The Bertz CT molecular complexity index is 1050. The van der Waals surface area contributed by atoms with Crippen molar-refractivity contribution in [3.8, 4) is 0 Å². The third kappa shape index (κ3) is 2.27. The van der Waals surface area contributed by atoms with Crippen molar-refractivity contribution in [3.05, 3.63) is 54.6 Å². The molecule has 2 unspecified atom stereocenters. The lowest BCUT2D eigenvalue weighted by Gasteiger charge is -2.26. The first-order valence-corrected chi connectivity index (χ1v) is 9.01. The molecule has 3 nitrogen and oxygen atoms in total. The standard InChI is InChI=1S/C22H19NO2/c1-2-14-4-5-16-7-9-20(19-8-6-15(3-1)21(14)22(16)19)23(10-17-12-24-17)11-18-13-25-18/h1-9,17-18H,10-13H2. The van der Waals surface area contributed by atoms with Gasteiger partial charge in [0.2, 0.25) is 0 Å². The fourth-order valence-corrected chi connectivity index (χ4v) is 4.11. The Kier molecular flexibility index (Phi) is 2.81. The molecule has 0 radical (unpaired) electrons. The monoisotopic (exact) mass is 329 g/mol. The SMILES string of the molecule is c1cc2ccc3ccc(N(CC4CO4)CC4CO4)c4ccc(c1)c2c34. The van der Waals surface area contributed by atoms with E-state index in [1.807, 2.05) is 0 Å². The predicted molar refractivity (Wildman–Crippen MR) is 102 cm³/mol. The van der Waals surface area contributed by atoms with Crippen LogP contribution < -0.4 is 4.90 Å². The molecule has 3 heteroatoms. The zero-order valence-corrected chi connectivity index (χ0v) is 13.9. The van der Waals surface area contributed by atoms with Gasteiger partial charge < -0.3 is 14.4 Å². The van der Waals surface area contributed by atoms with Crippen molar-refractivity contribution in [2.45, 2.75) is 12.2 Å². The number of hydrogen-bond acceptors (Lipinski definition) is 3. The molecule has 4 aromatic rings. The molecule has 2 aliphatic rings. The third-order valence-corrected chi connectivity index (χ3v) is 5.50. The van der Waals surface area contributed by atoms with E-state index in [4.69, 9.17) is 9.47 Å². The van der Waals surface area contributed by atoms with Crippen molar-refractivity contribution < 1.29 is 9.47 Å². The molecule has 25 heavy (non-hydrogen) atoms. The van der Waals surface area contributed by atoms with Crippen LogP contribution >= 0.6 is 0 Å². The summed E-state index contributed by atoms with van der Waals surface area (Å²) in [4.78, 5) is 2.46. The maximum atomic E-state index is 5.51. The van der Waals surface area contributed by atoms with Crippen molar-refractivity contribution in [1.29, 1.82) is 0 Å². The molecule has 0 bridgehead atoms. The van der Waals surface area contributed by atoms with E-state index in [1.165, 1.54) is 38.0 Å². The Balaban J connectivity index is 1.60. The molecule has 6 rings (SSSR count). The largest absolute Gasteiger partial charge is 0.371 e. The van der Waals surface area contributed by atoms with E-state index in [0.717, 1.165) is 26.3 Å². The van der Waals surface area contributed by atoms with Gasteiger partial charge in [0.25, 0.3) is 0 Å². The van der Waals surface area contributed by atoms with Crippen LogP contribution in [0.15, 0.2) is 54.6 Å². The number of anilines is 1. The summed E-state index contributed by atoms with van der Waals surface area (Å²) in [5.74, 6) is 0. The Labute approximate surface area is 146 Å². The molecule has 0 saturated carbocycles. The van der Waals surface area contributed by atoms with Crippen LogP contribution in [-0.4, -0.2) is 38.5 Å². The minimum absolute atomic E-state index is 0.372. The average Bonchev–Trinajstić information content (AvgIpc) is 3.56. The van der Waals surface area contributed by atoms with E-state index >= 15 is 0 Å². The van der Waals surface area contributed by atoms with Gasteiger partial charge in [-0.05, 0) is 33.0 Å². The fraction of sp³-hybridized carbons (Fsp3) is 0.273. The summed E-state index contributed by atoms with van der Waals surface area (Å²) < 4.78 is 11.0. The summed E-state index contributed by atoms with van der Waals surface area (Å²) in [6, 6.07) is 20.1. The third-order valence-electron chi connectivity index (χ3n) is 5.50. The number of benzene rings is 4. The molecule has 0 N–H and O–H groups in total.